The minimum absolute atomic E-state index is 0.0687. The summed E-state index contributed by atoms with van der Waals surface area (Å²) in [6.07, 6.45) is 2.21. The van der Waals surface area contributed by atoms with Gasteiger partial charge >= 0.3 is 0 Å². The second kappa shape index (κ2) is 8.73. The Morgan fingerprint density at radius 1 is 1.04 bits per heavy atom. The standard InChI is InChI=1S/C17H18F3NO2S2/c1-24-8-7-13(9-12-10-16(19)17(20)11-15(12)18)21-25(22,23)14-5-3-2-4-6-14/h2-6,10-11,13,21H,7-9H2,1H3. The molecule has 0 aliphatic rings. The van der Waals surface area contributed by atoms with Crippen LogP contribution in [0, 0.1) is 17.5 Å². The minimum atomic E-state index is -3.79. The number of hydrogen-bond donors (Lipinski definition) is 1. The molecule has 0 aromatic heterocycles. The third kappa shape index (κ3) is 5.49. The van der Waals surface area contributed by atoms with Gasteiger partial charge in [-0.3, -0.25) is 0 Å². The molecule has 2 aromatic rings. The molecular formula is C17H18F3NO2S2. The molecule has 0 bridgehead atoms. The van der Waals surface area contributed by atoms with Crippen molar-refractivity contribution in [3.05, 3.63) is 65.5 Å². The van der Waals surface area contributed by atoms with Crippen molar-refractivity contribution < 1.29 is 21.6 Å². The van der Waals surface area contributed by atoms with Crippen LogP contribution in [-0.2, 0) is 16.4 Å². The molecule has 0 heterocycles. The van der Waals surface area contributed by atoms with Gasteiger partial charge in [0.25, 0.3) is 0 Å². The number of halogens is 3. The van der Waals surface area contributed by atoms with Crippen LogP contribution in [0.3, 0.4) is 0 Å². The average Bonchev–Trinajstić information content (AvgIpc) is 2.58. The van der Waals surface area contributed by atoms with Gasteiger partial charge in [0, 0.05) is 12.1 Å². The fourth-order valence-electron chi connectivity index (χ4n) is 2.34. The second-order valence-corrected chi connectivity index (χ2v) is 8.17. The van der Waals surface area contributed by atoms with Crippen LogP contribution >= 0.6 is 11.8 Å². The molecule has 0 saturated heterocycles. The summed E-state index contributed by atoms with van der Waals surface area (Å²) in [6.45, 7) is 0. The Morgan fingerprint density at radius 2 is 1.68 bits per heavy atom. The van der Waals surface area contributed by atoms with Crippen molar-refractivity contribution in [3.8, 4) is 0 Å². The van der Waals surface area contributed by atoms with E-state index in [9.17, 15) is 21.6 Å². The van der Waals surface area contributed by atoms with Gasteiger partial charge < -0.3 is 0 Å². The van der Waals surface area contributed by atoms with E-state index in [1.165, 1.54) is 23.9 Å². The SMILES string of the molecule is CSCCC(Cc1cc(F)c(F)cc1F)NS(=O)(=O)c1ccccc1. The van der Waals surface area contributed by atoms with Crippen LogP contribution in [0.15, 0.2) is 47.4 Å². The zero-order valence-corrected chi connectivity index (χ0v) is 15.1. The van der Waals surface area contributed by atoms with Gasteiger partial charge in [-0.25, -0.2) is 26.3 Å². The summed E-state index contributed by atoms with van der Waals surface area (Å²) >= 11 is 1.51. The van der Waals surface area contributed by atoms with Gasteiger partial charge in [0.1, 0.15) is 5.82 Å². The predicted octanol–water partition coefficient (Wildman–Crippen LogP) is 3.75. The van der Waals surface area contributed by atoms with Gasteiger partial charge in [-0.2, -0.15) is 11.8 Å². The highest BCUT2D eigenvalue weighted by atomic mass is 32.2. The van der Waals surface area contributed by atoms with Crippen molar-refractivity contribution in [1.29, 1.82) is 0 Å². The molecule has 0 radical (unpaired) electrons. The van der Waals surface area contributed by atoms with Crippen molar-refractivity contribution in [1.82, 2.24) is 4.72 Å². The lowest BCUT2D eigenvalue weighted by Crippen LogP contribution is -2.37. The molecule has 0 amide bonds. The Bertz CT molecular complexity index is 814. The fraction of sp³-hybridized carbons (Fsp3) is 0.294. The second-order valence-electron chi connectivity index (χ2n) is 5.47. The smallest absolute Gasteiger partial charge is 0.208 e. The van der Waals surface area contributed by atoms with Gasteiger partial charge in [-0.05, 0) is 48.6 Å². The zero-order chi connectivity index (χ0) is 18.4. The van der Waals surface area contributed by atoms with Crippen LogP contribution in [0.25, 0.3) is 0 Å². The Morgan fingerprint density at radius 3 is 2.32 bits per heavy atom. The predicted molar refractivity (Wildman–Crippen MR) is 93.6 cm³/mol. The molecular weight excluding hydrogens is 371 g/mol. The first-order chi connectivity index (χ1) is 11.8. The normalized spacial score (nSPS) is 13.0. The maximum atomic E-state index is 13.9. The van der Waals surface area contributed by atoms with E-state index in [-0.39, 0.29) is 16.9 Å². The molecule has 0 saturated carbocycles. The van der Waals surface area contributed by atoms with Crippen molar-refractivity contribution in [2.75, 3.05) is 12.0 Å². The lowest BCUT2D eigenvalue weighted by molar-refractivity contribution is 0.482. The number of thioether (sulfide) groups is 1. The summed E-state index contributed by atoms with van der Waals surface area (Å²) in [6, 6.07) is 8.40. The van der Waals surface area contributed by atoms with Crippen LogP contribution in [-0.4, -0.2) is 26.5 Å². The van der Waals surface area contributed by atoms with E-state index in [4.69, 9.17) is 0 Å². The average molecular weight is 389 g/mol. The molecule has 0 aliphatic heterocycles. The van der Waals surface area contributed by atoms with Crippen LogP contribution in [0.5, 0.6) is 0 Å². The highest BCUT2D eigenvalue weighted by Crippen LogP contribution is 2.18. The van der Waals surface area contributed by atoms with Crippen LogP contribution in [0.1, 0.15) is 12.0 Å². The summed E-state index contributed by atoms with van der Waals surface area (Å²) in [5.74, 6) is -2.70. The van der Waals surface area contributed by atoms with Gasteiger partial charge in [0.2, 0.25) is 10.0 Å². The number of benzene rings is 2. The van der Waals surface area contributed by atoms with Crippen LogP contribution in [0.2, 0.25) is 0 Å². The molecule has 8 heteroatoms. The number of hydrogen-bond acceptors (Lipinski definition) is 3. The lowest BCUT2D eigenvalue weighted by atomic mass is 10.0. The topological polar surface area (TPSA) is 46.2 Å². The highest BCUT2D eigenvalue weighted by Gasteiger charge is 2.22. The number of sulfonamides is 1. The number of nitrogens with one attached hydrogen (secondary N) is 1. The summed E-state index contributed by atoms with van der Waals surface area (Å²) in [5.41, 5.74) is -0.0687. The van der Waals surface area contributed by atoms with Gasteiger partial charge in [-0.1, -0.05) is 18.2 Å². The van der Waals surface area contributed by atoms with E-state index in [0.717, 1.165) is 6.07 Å². The number of rotatable bonds is 8. The van der Waals surface area contributed by atoms with Crippen molar-refractivity contribution >= 4 is 21.8 Å². The Labute approximate surface area is 149 Å². The summed E-state index contributed by atoms with van der Waals surface area (Å²) in [5, 5.41) is 0. The molecule has 2 aromatic carbocycles. The van der Waals surface area contributed by atoms with Gasteiger partial charge in [-0.15, -0.1) is 0 Å². The molecule has 1 N–H and O–H groups in total. The third-order valence-corrected chi connectivity index (χ3v) is 5.78. The summed E-state index contributed by atoms with van der Waals surface area (Å²) in [4.78, 5) is 0.0925. The first-order valence-corrected chi connectivity index (χ1v) is 10.4. The summed E-state index contributed by atoms with van der Waals surface area (Å²) < 4.78 is 67.8. The van der Waals surface area contributed by atoms with E-state index in [0.29, 0.717) is 18.2 Å². The monoisotopic (exact) mass is 389 g/mol. The summed E-state index contributed by atoms with van der Waals surface area (Å²) in [7, 11) is -3.79. The lowest BCUT2D eigenvalue weighted by Gasteiger charge is -2.19. The van der Waals surface area contributed by atoms with E-state index in [1.54, 1.807) is 18.2 Å². The van der Waals surface area contributed by atoms with E-state index in [2.05, 4.69) is 4.72 Å². The molecule has 0 spiro atoms. The minimum Gasteiger partial charge on any atom is -0.208 e. The van der Waals surface area contributed by atoms with Gasteiger partial charge in [0.15, 0.2) is 11.6 Å². The maximum Gasteiger partial charge on any atom is 0.240 e. The molecule has 3 nitrogen and oxygen atoms in total. The molecule has 0 fully saturated rings. The third-order valence-electron chi connectivity index (χ3n) is 3.60. The van der Waals surface area contributed by atoms with Crippen LogP contribution in [0.4, 0.5) is 13.2 Å². The molecule has 0 aliphatic carbocycles. The van der Waals surface area contributed by atoms with Gasteiger partial charge in [0.05, 0.1) is 4.90 Å². The van der Waals surface area contributed by atoms with Crippen molar-refractivity contribution in [2.24, 2.45) is 0 Å². The highest BCUT2D eigenvalue weighted by molar-refractivity contribution is 7.98. The largest absolute Gasteiger partial charge is 0.240 e. The maximum absolute atomic E-state index is 13.9. The molecule has 25 heavy (non-hydrogen) atoms. The van der Waals surface area contributed by atoms with E-state index < -0.39 is 33.5 Å². The molecule has 2 rings (SSSR count). The first-order valence-electron chi connectivity index (χ1n) is 7.53. The van der Waals surface area contributed by atoms with Crippen molar-refractivity contribution in [2.45, 2.75) is 23.8 Å². The van der Waals surface area contributed by atoms with E-state index >= 15 is 0 Å². The zero-order valence-electron chi connectivity index (χ0n) is 13.5. The van der Waals surface area contributed by atoms with Crippen molar-refractivity contribution in [3.63, 3.8) is 0 Å². The Hall–Kier alpha value is -1.51. The fourth-order valence-corrected chi connectivity index (χ4v) is 4.15. The quantitative estimate of drug-likeness (QED) is 0.700. The van der Waals surface area contributed by atoms with Crippen LogP contribution < -0.4 is 4.72 Å². The molecule has 1 atom stereocenters. The first kappa shape index (κ1) is 19.8. The Balaban J connectivity index is 2.23. The molecule has 1 unspecified atom stereocenters. The molecule has 136 valence electrons. The Kier molecular flexibility index (Phi) is 6.92. The van der Waals surface area contributed by atoms with E-state index in [1.807, 2.05) is 6.26 Å².